The summed E-state index contributed by atoms with van der Waals surface area (Å²) in [5, 5.41) is 16.9. The Morgan fingerprint density at radius 2 is 1.65 bits per heavy atom. The van der Waals surface area contributed by atoms with Crippen LogP contribution in [0.15, 0.2) is 79.1 Å². The number of carbonyl (C=O) groups is 1. The molecule has 13 heteroatoms. The lowest BCUT2D eigenvalue weighted by molar-refractivity contribution is -0.137. The zero-order valence-electron chi connectivity index (χ0n) is 20.1. The fourth-order valence-electron chi connectivity index (χ4n) is 4.09. The summed E-state index contributed by atoms with van der Waals surface area (Å²) in [6.45, 7) is 0. The van der Waals surface area contributed by atoms with E-state index in [1.807, 2.05) is 0 Å². The van der Waals surface area contributed by atoms with Crippen LogP contribution >= 0.6 is 0 Å². The van der Waals surface area contributed by atoms with Crippen LogP contribution in [0.25, 0.3) is 28.0 Å². The summed E-state index contributed by atoms with van der Waals surface area (Å²) >= 11 is 0. The van der Waals surface area contributed by atoms with Crippen molar-refractivity contribution in [3.8, 4) is 17.1 Å². The third kappa shape index (κ3) is 5.10. The first-order chi connectivity index (χ1) is 19.0. The minimum Gasteiger partial charge on any atom is -0.382 e. The summed E-state index contributed by atoms with van der Waals surface area (Å²) in [6, 6.07) is 14.4. The number of aliphatic hydroxyl groups is 1. The molecule has 1 unspecified atom stereocenters. The van der Waals surface area contributed by atoms with Gasteiger partial charge < -0.3 is 10.4 Å². The molecule has 0 aliphatic carbocycles. The van der Waals surface area contributed by atoms with Gasteiger partial charge in [-0.05, 0) is 48.0 Å². The maximum absolute atomic E-state index is 15.0. The van der Waals surface area contributed by atoms with Crippen LogP contribution in [-0.2, 0) is 6.18 Å². The number of benzene rings is 3. The number of alkyl halides is 5. The first kappa shape index (κ1) is 26.8. The number of halogens is 6. The molecule has 0 saturated heterocycles. The lowest BCUT2D eigenvalue weighted by atomic mass is 10.0. The monoisotopic (exact) mass is 557 g/mol. The van der Waals surface area contributed by atoms with Crippen LogP contribution in [0.5, 0.6) is 0 Å². The summed E-state index contributed by atoms with van der Waals surface area (Å²) in [5.74, 6) is -2.93. The molecule has 0 bridgehead atoms. The number of nitrogens with zero attached hydrogens (tertiary/aromatic N) is 4. The molecule has 1 amide bonds. The van der Waals surface area contributed by atoms with E-state index in [0.717, 1.165) is 0 Å². The van der Waals surface area contributed by atoms with E-state index in [9.17, 15) is 36.2 Å². The van der Waals surface area contributed by atoms with Crippen molar-refractivity contribution in [2.45, 2.75) is 18.7 Å². The molecule has 2 aromatic heterocycles. The zero-order valence-corrected chi connectivity index (χ0v) is 20.1. The van der Waals surface area contributed by atoms with Gasteiger partial charge in [0.1, 0.15) is 17.7 Å². The highest BCUT2D eigenvalue weighted by atomic mass is 19.4. The highest BCUT2D eigenvalue weighted by Crippen LogP contribution is 2.38. The Balaban J connectivity index is 1.63. The molecule has 0 spiro atoms. The minimum absolute atomic E-state index is 0.0129. The van der Waals surface area contributed by atoms with Crippen molar-refractivity contribution in [2.75, 3.05) is 5.32 Å². The second-order valence-electron chi connectivity index (χ2n) is 8.55. The molecule has 5 rings (SSSR count). The molecule has 7 nitrogen and oxygen atoms in total. The van der Waals surface area contributed by atoms with Gasteiger partial charge in [0.2, 0.25) is 0 Å². The molecule has 0 aliphatic heterocycles. The standard InChI is InChI=1S/C27H17F6N5O2/c28-20-13-19(27(31,32)33)17(24-34-9-4-10-35-24)12-18(20)26(40)36-25-16-8-7-14(22(39)23(29)30)11-21(16)37-38(25)15-5-2-1-3-6-15/h1-13,22-23,39H,(H,36,40). The second-order valence-corrected chi connectivity index (χ2v) is 8.55. The van der Waals surface area contributed by atoms with Gasteiger partial charge in [-0.25, -0.2) is 27.8 Å². The fourth-order valence-corrected chi connectivity index (χ4v) is 4.09. The quantitative estimate of drug-likeness (QED) is 0.243. The van der Waals surface area contributed by atoms with Gasteiger partial charge in [-0.3, -0.25) is 4.79 Å². The third-order valence-corrected chi connectivity index (χ3v) is 5.97. The zero-order chi connectivity index (χ0) is 28.6. The van der Waals surface area contributed by atoms with Crippen LogP contribution < -0.4 is 5.32 Å². The first-order valence-electron chi connectivity index (χ1n) is 11.6. The highest BCUT2D eigenvalue weighted by molar-refractivity contribution is 6.09. The molecule has 2 N–H and O–H groups in total. The Morgan fingerprint density at radius 3 is 2.30 bits per heavy atom. The van der Waals surface area contributed by atoms with Crippen LogP contribution in [0.2, 0.25) is 0 Å². The number of amides is 1. The van der Waals surface area contributed by atoms with E-state index in [1.165, 1.54) is 41.3 Å². The Hall–Kier alpha value is -4.78. The van der Waals surface area contributed by atoms with E-state index in [-0.39, 0.29) is 34.2 Å². The molecule has 2 heterocycles. The molecular formula is C27H17F6N5O2. The first-order valence-corrected chi connectivity index (χ1v) is 11.6. The van der Waals surface area contributed by atoms with E-state index < -0.39 is 47.1 Å². The van der Waals surface area contributed by atoms with Gasteiger partial charge in [-0.2, -0.15) is 18.3 Å². The van der Waals surface area contributed by atoms with Gasteiger partial charge in [-0.1, -0.05) is 24.3 Å². The highest BCUT2D eigenvalue weighted by Gasteiger charge is 2.36. The Morgan fingerprint density at radius 1 is 0.950 bits per heavy atom. The lowest BCUT2D eigenvalue weighted by Crippen LogP contribution is -2.18. The lowest BCUT2D eigenvalue weighted by Gasteiger charge is -2.15. The van der Waals surface area contributed by atoms with Gasteiger partial charge in [0, 0.05) is 23.3 Å². The Bertz CT molecular complexity index is 1690. The number of aromatic nitrogens is 4. The second kappa shape index (κ2) is 10.4. The van der Waals surface area contributed by atoms with E-state index >= 15 is 0 Å². The maximum atomic E-state index is 15.0. The van der Waals surface area contributed by atoms with Crippen molar-refractivity contribution in [1.82, 2.24) is 19.7 Å². The average molecular weight is 557 g/mol. The summed E-state index contributed by atoms with van der Waals surface area (Å²) in [6.07, 6.45) is -7.69. The molecule has 5 aromatic rings. The van der Waals surface area contributed by atoms with E-state index in [1.54, 1.807) is 30.3 Å². The van der Waals surface area contributed by atoms with Crippen molar-refractivity contribution < 1.29 is 36.2 Å². The number of carbonyl (C=O) groups excluding carboxylic acids is 1. The summed E-state index contributed by atoms with van der Waals surface area (Å²) in [4.78, 5) is 20.9. The van der Waals surface area contributed by atoms with Crippen molar-refractivity contribution in [3.63, 3.8) is 0 Å². The SMILES string of the molecule is O=C(Nc1c2ccc(C(O)C(F)F)cc2nn1-c1ccccc1)c1cc(-c2ncccn2)c(C(F)(F)F)cc1F. The summed E-state index contributed by atoms with van der Waals surface area (Å²) < 4.78 is 83.5. The van der Waals surface area contributed by atoms with Gasteiger partial charge >= 0.3 is 6.18 Å². The predicted octanol–water partition coefficient (Wildman–Crippen LogP) is 6.19. The third-order valence-electron chi connectivity index (χ3n) is 5.97. The molecule has 3 aromatic carbocycles. The van der Waals surface area contributed by atoms with Gasteiger partial charge in [0.15, 0.2) is 5.82 Å². The molecular weight excluding hydrogens is 540 g/mol. The van der Waals surface area contributed by atoms with Crippen molar-refractivity contribution in [1.29, 1.82) is 0 Å². The Labute approximate surface area is 221 Å². The van der Waals surface area contributed by atoms with E-state index in [2.05, 4.69) is 20.4 Å². The van der Waals surface area contributed by atoms with Crippen molar-refractivity contribution in [2.24, 2.45) is 0 Å². The van der Waals surface area contributed by atoms with Crippen LogP contribution in [-0.4, -0.2) is 37.2 Å². The van der Waals surface area contributed by atoms with Gasteiger partial charge in [0.05, 0.1) is 22.3 Å². The number of para-hydroxylation sites is 1. The largest absolute Gasteiger partial charge is 0.417 e. The predicted molar refractivity (Wildman–Crippen MR) is 132 cm³/mol. The van der Waals surface area contributed by atoms with Crippen molar-refractivity contribution in [3.05, 3.63) is 102 Å². The Kier molecular flexibility index (Phi) is 6.98. The number of anilines is 1. The number of fused-ring (bicyclic) bond motifs is 1. The van der Waals surface area contributed by atoms with Crippen LogP contribution in [0.4, 0.5) is 32.2 Å². The normalized spacial score (nSPS) is 12.6. The van der Waals surface area contributed by atoms with Crippen LogP contribution in [0.1, 0.15) is 27.6 Å². The minimum atomic E-state index is -4.97. The molecule has 0 saturated carbocycles. The number of rotatable bonds is 6. The fraction of sp³-hybridized carbons (Fsp3) is 0.111. The number of aliphatic hydroxyl groups excluding tert-OH is 1. The van der Waals surface area contributed by atoms with Crippen LogP contribution in [0, 0.1) is 5.82 Å². The molecule has 204 valence electrons. The topological polar surface area (TPSA) is 92.9 Å². The van der Waals surface area contributed by atoms with E-state index in [0.29, 0.717) is 11.8 Å². The van der Waals surface area contributed by atoms with E-state index in [4.69, 9.17) is 0 Å². The number of nitrogens with one attached hydrogen (secondary N) is 1. The smallest absolute Gasteiger partial charge is 0.382 e. The maximum Gasteiger partial charge on any atom is 0.417 e. The van der Waals surface area contributed by atoms with Gasteiger partial charge in [-0.15, -0.1) is 0 Å². The van der Waals surface area contributed by atoms with Gasteiger partial charge in [0.25, 0.3) is 12.3 Å². The van der Waals surface area contributed by atoms with Crippen molar-refractivity contribution >= 4 is 22.6 Å². The molecule has 1 atom stereocenters. The number of hydrogen-bond donors (Lipinski definition) is 2. The molecule has 0 fully saturated rings. The molecule has 0 aliphatic rings. The summed E-state index contributed by atoms with van der Waals surface area (Å²) in [7, 11) is 0. The average Bonchev–Trinajstić information content (AvgIpc) is 3.30. The van der Waals surface area contributed by atoms with Crippen LogP contribution in [0.3, 0.4) is 0 Å². The number of hydrogen-bond acceptors (Lipinski definition) is 5. The molecule has 40 heavy (non-hydrogen) atoms. The molecule has 0 radical (unpaired) electrons. The summed E-state index contributed by atoms with van der Waals surface area (Å²) in [5.41, 5.74) is -2.28.